The molecule has 1 unspecified atom stereocenters. The number of hydrogen-bond donors (Lipinski definition) is 0. The summed E-state index contributed by atoms with van der Waals surface area (Å²) < 4.78 is 0. The van der Waals surface area contributed by atoms with Gasteiger partial charge in [-0.15, -0.1) is 0 Å². The average Bonchev–Trinajstić information content (AvgIpc) is 2.26. The molecule has 0 saturated carbocycles. The zero-order valence-corrected chi connectivity index (χ0v) is 9.83. The first-order valence-electron chi connectivity index (χ1n) is 5.64. The zero-order chi connectivity index (χ0) is 11.3. The van der Waals surface area contributed by atoms with Gasteiger partial charge in [0.05, 0.1) is 12.0 Å². The van der Waals surface area contributed by atoms with Gasteiger partial charge in [-0.25, -0.2) is 0 Å². The van der Waals surface area contributed by atoms with Crippen molar-refractivity contribution in [1.29, 1.82) is 5.26 Å². The largest absolute Gasteiger partial charge is 0.198 e. The molecule has 1 rings (SSSR count). The molecular weight excluding hydrogens is 182 g/mol. The summed E-state index contributed by atoms with van der Waals surface area (Å²) in [6, 6.07) is 11.0. The molecule has 0 saturated heterocycles. The summed E-state index contributed by atoms with van der Waals surface area (Å²) in [5.41, 5.74) is 2.63. The van der Waals surface area contributed by atoms with Crippen LogP contribution in [0.3, 0.4) is 0 Å². The van der Waals surface area contributed by atoms with Crippen molar-refractivity contribution in [2.75, 3.05) is 0 Å². The summed E-state index contributed by atoms with van der Waals surface area (Å²) in [6.45, 7) is 6.36. The molecule has 0 heterocycles. The van der Waals surface area contributed by atoms with Gasteiger partial charge in [-0.2, -0.15) is 5.26 Å². The molecule has 0 aliphatic carbocycles. The van der Waals surface area contributed by atoms with E-state index in [0.717, 1.165) is 12.8 Å². The van der Waals surface area contributed by atoms with Gasteiger partial charge in [0.1, 0.15) is 0 Å². The van der Waals surface area contributed by atoms with Crippen LogP contribution < -0.4 is 0 Å². The third-order valence-electron chi connectivity index (χ3n) is 2.86. The second kappa shape index (κ2) is 5.56. The van der Waals surface area contributed by atoms with E-state index in [9.17, 15) is 0 Å². The fourth-order valence-electron chi connectivity index (χ4n) is 1.60. The lowest BCUT2D eigenvalue weighted by atomic mass is 9.90. The summed E-state index contributed by atoms with van der Waals surface area (Å²) in [7, 11) is 0. The summed E-state index contributed by atoms with van der Waals surface area (Å²) in [5.74, 6) is 0.568. The highest BCUT2D eigenvalue weighted by Crippen LogP contribution is 2.17. The van der Waals surface area contributed by atoms with Crippen molar-refractivity contribution in [1.82, 2.24) is 0 Å². The molecule has 0 N–H and O–H groups in total. The maximum atomic E-state index is 9.01. The molecule has 1 atom stereocenters. The molecule has 0 fully saturated rings. The van der Waals surface area contributed by atoms with E-state index in [1.165, 1.54) is 11.1 Å². The molecular formula is C14H19N. The van der Waals surface area contributed by atoms with Gasteiger partial charge in [0.2, 0.25) is 0 Å². The Kier molecular flexibility index (Phi) is 4.37. The average molecular weight is 201 g/mol. The highest BCUT2D eigenvalue weighted by atomic mass is 14.3. The van der Waals surface area contributed by atoms with Gasteiger partial charge < -0.3 is 0 Å². The first-order valence-corrected chi connectivity index (χ1v) is 5.64. The highest BCUT2D eigenvalue weighted by Gasteiger charge is 2.12. The van der Waals surface area contributed by atoms with Gasteiger partial charge in [0.15, 0.2) is 0 Å². The van der Waals surface area contributed by atoms with Crippen LogP contribution >= 0.6 is 0 Å². The van der Waals surface area contributed by atoms with Gasteiger partial charge in [0, 0.05) is 0 Å². The quantitative estimate of drug-likeness (QED) is 0.730. The van der Waals surface area contributed by atoms with Crippen molar-refractivity contribution in [3.8, 4) is 6.07 Å². The van der Waals surface area contributed by atoms with Crippen molar-refractivity contribution >= 4 is 0 Å². The van der Waals surface area contributed by atoms with Crippen molar-refractivity contribution in [2.45, 2.75) is 33.6 Å². The first-order chi connectivity index (χ1) is 7.17. The third kappa shape index (κ3) is 3.40. The summed E-state index contributed by atoms with van der Waals surface area (Å²) in [4.78, 5) is 0. The number of hydrogen-bond acceptors (Lipinski definition) is 1. The minimum atomic E-state index is 0.137. The number of nitrogens with zero attached hydrogens (tertiary/aromatic N) is 1. The molecule has 0 aliphatic heterocycles. The fraction of sp³-hybridized carbons (Fsp3) is 0.500. The predicted molar refractivity (Wildman–Crippen MR) is 63.5 cm³/mol. The van der Waals surface area contributed by atoms with Gasteiger partial charge in [-0.3, -0.25) is 0 Å². The monoisotopic (exact) mass is 201 g/mol. The number of rotatable bonds is 4. The Morgan fingerprint density at radius 1 is 1.13 bits per heavy atom. The van der Waals surface area contributed by atoms with Gasteiger partial charge in [-0.05, 0) is 29.9 Å². The van der Waals surface area contributed by atoms with Gasteiger partial charge >= 0.3 is 0 Å². The Labute approximate surface area is 92.7 Å². The maximum absolute atomic E-state index is 9.01. The second-order valence-corrected chi connectivity index (χ2v) is 4.35. The van der Waals surface area contributed by atoms with Gasteiger partial charge in [0.25, 0.3) is 0 Å². The van der Waals surface area contributed by atoms with E-state index in [1.807, 2.05) is 0 Å². The number of benzene rings is 1. The lowest BCUT2D eigenvalue weighted by molar-refractivity contribution is 0.474. The highest BCUT2D eigenvalue weighted by molar-refractivity contribution is 5.23. The van der Waals surface area contributed by atoms with E-state index in [-0.39, 0.29) is 5.92 Å². The molecule has 0 aliphatic rings. The van der Waals surface area contributed by atoms with Gasteiger partial charge in [-0.1, -0.05) is 45.0 Å². The molecule has 80 valence electrons. The van der Waals surface area contributed by atoms with Crippen LogP contribution in [0.25, 0.3) is 0 Å². The third-order valence-corrected chi connectivity index (χ3v) is 2.86. The normalized spacial score (nSPS) is 12.5. The Hall–Kier alpha value is -1.29. The Bertz CT molecular complexity index is 329. The Morgan fingerprint density at radius 3 is 2.07 bits per heavy atom. The molecule has 1 aromatic carbocycles. The van der Waals surface area contributed by atoms with Crippen LogP contribution in [0.15, 0.2) is 24.3 Å². The number of nitriles is 1. The van der Waals surface area contributed by atoms with E-state index in [0.29, 0.717) is 5.92 Å². The van der Waals surface area contributed by atoms with Crippen LogP contribution in [0.1, 0.15) is 31.9 Å². The molecule has 0 spiro atoms. The minimum Gasteiger partial charge on any atom is -0.198 e. The second-order valence-electron chi connectivity index (χ2n) is 4.35. The van der Waals surface area contributed by atoms with E-state index < -0.39 is 0 Å². The van der Waals surface area contributed by atoms with E-state index >= 15 is 0 Å². The molecule has 1 nitrogen and oxygen atoms in total. The lowest BCUT2D eigenvalue weighted by Gasteiger charge is -2.12. The van der Waals surface area contributed by atoms with Crippen molar-refractivity contribution < 1.29 is 0 Å². The van der Waals surface area contributed by atoms with Crippen LogP contribution in [0, 0.1) is 23.2 Å². The molecule has 0 aromatic heterocycles. The van der Waals surface area contributed by atoms with E-state index in [1.54, 1.807) is 0 Å². The maximum Gasteiger partial charge on any atom is 0.0661 e. The van der Waals surface area contributed by atoms with Crippen molar-refractivity contribution in [3.63, 3.8) is 0 Å². The standard InChI is InChI=1S/C14H19N/c1-4-12-5-7-13(8-6-12)9-14(10-15)11(2)3/h5-8,11,14H,4,9H2,1-3H3. The smallest absolute Gasteiger partial charge is 0.0661 e. The van der Waals surface area contributed by atoms with Crippen LogP contribution in [-0.2, 0) is 12.8 Å². The lowest BCUT2D eigenvalue weighted by Crippen LogP contribution is -2.09. The van der Waals surface area contributed by atoms with E-state index in [2.05, 4.69) is 51.1 Å². The van der Waals surface area contributed by atoms with E-state index in [4.69, 9.17) is 5.26 Å². The topological polar surface area (TPSA) is 23.8 Å². The van der Waals surface area contributed by atoms with Crippen LogP contribution in [0.5, 0.6) is 0 Å². The molecule has 0 amide bonds. The predicted octanol–water partition coefficient (Wildman–Crippen LogP) is 3.59. The summed E-state index contributed by atoms with van der Waals surface area (Å²) >= 11 is 0. The first kappa shape index (κ1) is 11.8. The van der Waals surface area contributed by atoms with Crippen LogP contribution in [0.4, 0.5) is 0 Å². The molecule has 0 radical (unpaired) electrons. The van der Waals surface area contributed by atoms with Crippen LogP contribution in [-0.4, -0.2) is 0 Å². The SMILES string of the molecule is CCc1ccc(CC(C#N)C(C)C)cc1. The molecule has 0 bridgehead atoms. The van der Waals surface area contributed by atoms with Crippen LogP contribution in [0.2, 0.25) is 0 Å². The number of aryl methyl sites for hydroxylation is 1. The van der Waals surface area contributed by atoms with Crippen molar-refractivity contribution in [3.05, 3.63) is 35.4 Å². The summed E-state index contributed by atoms with van der Waals surface area (Å²) in [6.07, 6.45) is 1.95. The zero-order valence-electron chi connectivity index (χ0n) is 9.83. The minimum absolute atomic E-state index is 0.137. The Balaban J connectivity index is 2.68. The molecule has 1 aromatic rings. The molecule has 1 heteroatoms. The fourth-order valence-corrected chi connectivity index (χ4v) is 1.60. The Morgan fingerprint density at radius 2 is 1.67 bits per heavy atom. The summed E-state index contributed by atoms with van der Waals surface area (Å²) in [5, 5.41) is 9.01. The molecule has 15 heavy (non-hydrogen) atoms. The van der Waals surface area contributed by atoms with Crippen molar-refractivity contribution in [2.24, 2.45) is 11.8 Å².